The number of ketones is 1. The number of hydrogen-bond acceptors (Lipinski definition) is 3. The Morgan fingerprint density at radius 3 is 2.45 bits per heavy atom. The van der Waals surface area contributed by atoms with Gasteiger partial charge in [-0.25, -0.2) is 4.79 Å². The van der Waals surface area contributed by atoms with E-state index in [1.165, 1.54) is 31.4 Å². The summed E-state index contributed by atoms with van der Waals surface area (Å²) >= 11 is 5.99. The molecule has 0 atom stereocenters. The molecule has 0 bridgehead atoms. The minimum absolute atomic E-state index is 0.131. The maximum absolute atomic E-state index is 13.0. The third-order valence-electron chi connectivity index (χ3n) is 6.58. The summed E-state index contributed by atoms with van der Waals surface area (Å²) in [5, 5.41) is 3.48. The molecule has 2 fully saturated rings. The van der Waals surface area contributed by atoms with E-state index in [4.69, 9.17) is 11.6 Å². The molecule has 0 spiro atoms. The topological polar surface area (TPSA) is 57.6 Å². The molecule has 2 heterocycles. The third kappa shape index (κ3) is 4.96. The lowest BCUT2D eigenvalue weighted by Crippen LogP contribution is -2.51. The average Bonchev–Trinajstić information content (AvgIpc) is 3.36. The summed E-state index contributed by atoms with van der Waals surface area (Å²) in [6.45, 7) is 7.17. The highest BCUT2D eigenvalue weighted by Crippen LogP contribution is 2.33. The first-order chi connectivity index (χ1) is 14.9. The lowest BCUT2D eigenvalue weighted by atomic mass is 10.1. The molecule has 0 radical (unpaired) electrons. The van der Waals surface area contributed by atoms with Crippen LogP contribution in [0.25, 0.3) is 0 Å². The Bertz CT molecular complexity index is 956. The maximum Gasteiger partial charge on any atom is 0.321 e. The molecule has 1 saturated carbocycles. The fraction of sp³-hybridized carbons (Fsp3) is 0.500. The molecule has 2 amide bonds. The summed E-state index contributed by atoms with van der Waals surface area (Å²) < 4.78 is 2.37. The number of carbonyl (C=O) groups excluding carboxylic acids is 2. The smallest absolute Gasteiger partial charge is 0.321 e. The van der Waals surface area contributed by atoms with Gasteiger partial charge in [0, 0.05) is 59.9 Å². The minimum atomic E-state index is -0.131. The molecule has 6 nitrogen and oxygen atoms in total. The third-order valence-corrected chi connectivity index (χ3v) is 6.81. The average molecular weight is 443 g/mol. The molecule has 4 rings (SSSR count). The molecule has 0 unspecified atom stereocenters. The number of nitrogens with one attached hydrogen (secondary N) is 1. The number of anilines is 1. The first-order valence-electron chi connectivity index (χ1n) is 11.2. The van der Waals surface area contributed by atoms with Crippen molar-refractivity contribution in [1.29, 1.82) is 0 Å². The largest absolute Gasteiger partial charge is 0.345 e. The van der Waals surface area contributed by atoms with Gasteiger partial charge < -0.3 is 14.8 Å². The fourth-order valence-electron chi connectivity index (χ4n) is 4.95. The van der Waals surface area contributed by atoms with Crippen LogP contribution in [0.1, 0.15) is 53.5 Å². The molecule has 1 aliphatic carbocycles. The van der Waals surface area contributed by atoms with E-state index in [9.17, 15) is 9.59 Å². The van der Waals surface area contributed by atoms with Crippen LogP contribution in [-0.4, -0.2) is 58.9 Å². The molecule has 1 N–H and O–H groups in total. The van der Waals surface area contributed by atoms with E-state index in [0.717, 1.165) is 11.3 Å². The van der Waals surface area contributed by atoms with Crippen LogP contribution in [0.3, 0.4) is 0 Å². The first kappa shape index (κ1) is 21.9. The Labute approximate surface area is 189 Å². The summed E-state index contributed by atoms with van der Waals surface area (Å²) in [6.07, 6.45) is 4.98. The van der Waals surface area contributed by atoms with Crippen molar-refractivity contribution in [2.45, 2.75) is 45.6 Å². The summed E-state index contributed by atoms with van der Waals surface area (Å²) in [4.78, 5) is 29.5. The molecule has 166 valence electrons. The summed E-state index contributed by atoms with van der Waals surface area (Å²) in [7, 11) is 0. The van der Waals surface area contributed by atoms with Crippen LogP contribution in [-0.2, 0) is 0 Å². The van der Waals surface area contributed by atoms with Crippen molar-refractivity contribution in [3.05, 3.63) is 52.3 Å². The van der Waals surface area contributed by atoms with Crippen molar-refractivity contribution in [2.24, 2.45) is 0 Å². The zero-order valence-electron chi connectivity index (χ0n) is 18.4. The molecule has 1 saturated heterocycles. The van der Waals surface area contributed by atoms with Gasteiger partial charge in [-0.3, -0.25) is 9.69 Å². The molecule has 2 aliphatic rings. The second-order valence-electron chi connectivity index (χ2n) is 8.72. The minimum Gasteiger partial charge on any atom is -0.345 e. The van der Waals surface area contributed by atoms with Gasteiger partial charge in [-0.05, 0) is 51.0 Å². The molecule has 1 aliphatic heterocycles. The van der Waals surface area contributed by atoms with Gasteiger partial charge in [0.25, 0.3) is 0 Å². The number of halogens is 1. The Balaban J connectivity index is 1.31. The molecule has 1 aromatic carbocycles. The van der Waals surface area contributed by atoms with E-state index in [-0.39, 0.29) is 11.8 Å². The number of nitrogens with zero attached hydrogens (tertiary/aromatic N) is 3. The zero-order chi connectivity index (χ0) is 22.0. The first-order valence-corrected chi connectivity index (χ1v) is 11.6. The van der Waals surface area contributed by atoms with Crippen LogP contribution in [0.5, 0.6) is 0 Å². The van der Waals surface area contributed by atoms with Crippen molar-refractivity contribution >= 4 is 29.1 Å². The highest BCUT2D eigenvalue weighted by molar-refractivity contribution is 6.30. The van der Waals surface area contributed by atoms with E-state index in [2.05, 4.69) is 34.7 Å². The van der Waals surface area contributed by atoms with E-state index in [1.807, 2.05) is 12.1 Å². The molecular weight excluding hydrogens is 412 g/mol. The summed E-state index contributed by atoms with van der Waals surface area (Å²) in [5.41, 5.74) is 3.84. The summed E-state index contributed by atoms with van der Waals surface area (Å²) in [6, 6.07) is 9.61. The van der Waals surface area contributed by atoms with Gasteiger partial charge in [0.1, 0.15) is 0 Å². The second kappa shape index (κ2) is 9.45. The van der Waals surface area contributed by atoms with Crippen molar-refractivity contribution in [1.82, 2.24) is 14.4 Å². The maximum atomic E-state index is 13.0. The number of rotatable bonds is 5. The van der Waals surface area contributed by atoms with Crippen LogP contribution < -0.4 is 5.32 Å². The number of aryl methyl sites for hydroxylation is 1. The van der Waals surface area contributed by atoms with Gasteiger partial charge in [-0.15, -0.1) is 0 Å². The van der Waals surface area contributed by atoms with Crippen LogP contribution in [0.15, 0.2) is 30.3 Å². The Morgan fingerprint density at radius 1 is 1.06 bits per heavy atom. The highest BCUT2D eigenvalue weighted by Gasteiger charge is 2.26. The SMILES string of the molecule is Cc1cc(C(=O)CN2CCN(C(=O)Nc3cccc(Cl)c3)CC2)c(C)n1C1CCCC1. The number of aromatic nitrogens is 1. The van der Waals surface area contributed by atoms with Crippen LogP contribution in [0.2, 0.25) is 5.02 Å². The molecule has 7 heteroatoms. The van der Waals surface area contributed by atoms with Crippen LogP contribution >= 0.6 is 11.6 Å². The molecule has 1 aromatic heterocycles. The monoisotopic (exact) mass is 442 g/mol. The van der Waals surface area contributed by atoms with Crippen molar-refractivity contribution in [3.8, 4) is 0 Å². The van der Waals surface area contributed by atoms with Gasteiger partial charge in [-0.1, -0.05) is 30.5 Å². The number of hydrogen-bond donors (Lipinski definition) is 1. The molecular formula is C24H31ClN4O2. The molecule has 2 aromatic rings. The summed E-state index contributed by atoms with van der Waals surface area (Å²) in [5.74, 6) is 0.175. The number of benzene rings is 1. The van der Waals surface area contributed by atoms with E-state index in [0.29, 0.717) is 49.5 Å². The van der Waals surface area contributed by atoms with Gasteiger partial charge in [0.15, 0.2) is 5.78 Å². The van der Waals surface area contributed by atoms with Crippen LogP contribution in [0.4, 0.5) is 10.5 Å². The van der Waals surface area contributed by atoms with E-state index < -0.39 is 0 Å². The second-order valence-corrected chi connectivity index (χ2v) is 9.16. The number of piperazine rings is 1. The standard InChI is InChI=1S/C24H31ClN4O2/c1-17-14-22(18(2)29(17)21-8-3-4-9-21)23(30)16-27-10-12-28(13-11-27)24(31)26-20-7-5-6-19(25)15-20/h5-7,14-15,21H,3-4,8-13,16H2,1-2H3,(H,26,31). The Kier molecular flexibility index (Phi) is 6.68. The number of Topliss-reactive ketones (excluding diaryl/α,β-unsaturated/α-hetero) is 1. The van der Waals surface area contributed by atoms with Crippen LogP contribution in [0, 0.1) is 13.8 Å². The van der Waals surface area contributed by atoms with Gasteiger partial charge in [-0.2, -0.15) is 0 Å². The lowest BCUT2D eigenvalue weighted by molar-refractivity contribution is 0.0883. The number of amides is 2. The Hall–Kier alpha value is -2.31. The lowest BCUT2D eigenvalue weighted by Gasteiger charge is -2.34. The van der Waals surface area contributed by atoms with E-state index in [1.54, 1.807) is 17.0 Å². The predicted molar refractivity (Wildman–Crippen MR) is 124 cm³/mol. The number of urea groups is 1. The quantitative estimate of drug-likeness (QED) is 0.669. The molecule has 31 heavy (non-hydrogen) atoms. The zero-order valence-corrected chi connectivity index (χ0v) is 19.1. The van der Waals surface area contributed by atoms with Gasteiger partial charge >= 0.3 is 6.03 Å². The van der Waals surface area contributed by atoms with Crippen molar-refractivity contribution in [2.75, 3.05) is 38.0 Å². The highest BCUT2D eigenvalue weighted by atomic mass is 35.5. The van der Waals surface area contributed by atoms with E-state index >= 15 is 0 Å². The van der Waals surface area contributed by atoms with Gasteiger partial charge in [0.05, 0.1) is 6.54 Å². The number of carbonyl (C=O) groups is 2. The fourth-order valence-corrected chi connectivity index (χ4v) is 5.14. The Morgan fingerprint density at radius 2 is 1.77 bits per heavy atom. The predicted octanol–water partition coefficient (Wildman–Crippen LogP) is 4.91. The normalized spacial score (nSPS) is 17.8. The van der Waals surface area contributed by atoms with Crippen molar-refractivity contribution < 1.29 is 9.59 Å². The van der Waals surface area contributed by atoms with Gasteiger partial charge in [0.2, 0.25) is 0 Å². The van der Waals surface area contributed by atoms with Crippen molar-refractivity contribution in [3.63, 3.8) is 0 Å².